The molecule has 3 heterocycles. The second kappa shape index (κ2) is 10.3. The Labute approximate surface area is 189 Å². The van der Waals surface area contributed by atoms with Crippen LogP contribution in [0.3, 0.4) is 0 Å². The molecule has 1 aliphatic heterocycles. The molecule has 0 radical (unpaired) electrons. The predicted octanol–water partition coefficient (Wildman–Crippen LogP) is 1.61. The van der Waals surface area contributed by atoms with E-state index in [9.17, 15) is 14.4 Å². The van der Waals surface area contributed by atoms with Crippen LogP contribution in [0.15, 0.2) is 59.9 Å². The van der Waals surface area contributed by atoms with Crippen LogP contribution in [0, 0.1) is 0 Å². The van der Waals surface area contributed by atoms with Crippen molar-refractivity contribution in [2.45, 2.75) is 23.9 Å². The van der Waals surface area contributed by atoms with Gasteiger partial charge in [0, 0.05) is 12.7 Å². The first-order valence-corrected chi connectivity index (χ1v) is 11.0. The second-order valence-electron chi connectivity index (χ2n) is 7.28. The fourth-order valence-electron chi connectivity index (χ4n) is 3.32. The van der Waals surface area contributed by atoms with E-state index in [2.05, 4.69) is 25.6 Å². The summed E-state index contributed by atoms with van der Waals surface area (Å²) in [5.74, 6) is -0.981. The lowest BCUT2D eigenvalue weighted by molar-refractivity contribution is -0.127. The van der Waals surface area contributed by atoms with Crippen molar-refractivity contribution in [3.63, 3.8) is 0 Å². The minimum Gasteiger partial charge on any atom is -0.345 e. The number of para-hydroxylation sites is 2. The average molecular weight is 451 g/mol. The number of aromatic nitrogens is 3. The minimum absolute atomic E-state index is 0.0639. The fourth-order valence-corrected chi connectivity index (χ4v) is 4.25. The SMILES string of the molecule is O=C(CNC(=O)c1cnc2ccccc2n1)N[C@H]1CCCN(Sc2ccccn2)CC1=O. The molecule has 1 saturated heterocycles. The van der Waals surface area contributed by atoms with Crippen LogP contribution in [0.1, 0.15) is 23.3 Å². The fraction of sp³-hybridized carbons (Fsp3) is 0.273. The van der Waals surface area contributed by atoms with Crippen LogP contribution < -0.4 is 10.6 Å². The van der Waals surface area contributed by atoms with Crippen molar-refractivity contribution in [1.82, 2.24) is 29.9 Å². The van der Waals surface area contributed by atoms with Gasteiger partial charge in [-0.05, 0) is 49.1 Å². The van der Waals surface area contributed by atoms with Gasteiger partial charge in [-0.3, -0.25) is 19.4 Å². The molecule has 0 spiro atoms. The summed E-state index contributed by atoms with van der Waals surface area (Å²) in [7, 11) is 0. The van der Waals surface area contributed by atoms with Gasteiger partial charge < -0.3 is 10.6 Å². The summed E-state index contributed by atoms with van der Waals surface area (Å²) in [4.78, 5) is 50.1. The Hall–Kier alpha value is -3.37. The predicted molar refractivity (Wildman–Crippen MR) is 120 cm³/mol. The Morgan fingerprint density at radius 2 is 1.91 bits per heavy atom. The zero-order valence-corrected chi connectivity index (χ0v) is 18.0. The summed E-state index contributed by atoms with van der Waals surface area (Å²) in [5, 5.41) is 6.10. The summed E-state index contributed by atoms with van der Waals surface area (Å²) >= 11 is 1.43. The zero-order valence-electron chi connectivity index (χ0n) is 17.2. The van der Waals surface area contributed by atoms with Crippen LogP contribution >= 0.6 is 11.9 Å². The average Bonchev–Trinajstić information content (AvgIpc) is 2.98. The summed E-state index contributed by atoms with van der Waals surface area (Å²) < 4.78 is 1.96. The van der Waals surface area contributed by atoms with Gasteiger partial charge in [0.25, 0.3) is 5.91 Å². The quantitative estimate of drug-likeness (QED) is 0.544. The van der Waals surface area contributed by atoms with Crippen molar-refractivity contribution in [3.8, 4) is 0 Å². The van der Waals surface area contributed by atoms with Crippen molar-refractivity contribution in [1.29, 1.82) is 0 Å². The molecule has 0 saturated carbocycles. The number of Topliss-reactive ketones (excluding diaryl/α,β-unsaturated/α-hetero) is 1. The third-order valence-electron chi connectivity index (χ3n) is 4.91. The number of carbonyl (C=O) groups excluding carboxylic acids is 3. The van der Waals surface area contributed by atoms with Gasteiger partial charge in [0.15, 0.2) is 5.78 Å². The topological polar surface area (TPSA) is 117 Å². The Morgan fingerprint density at radius 1 is 1.09 bits per heavy atom. The van der Waals surface area contributed by atoms with Crippen LogP contribution in [-0.4, -0.2) is 62.5 Å². The first-order valence-electron chi connectivity index (χ1n) is 10.2. The number of rotatable bonds is 6. The molecule has 0 bridgehead atoms. The third kappa shape index (κ3) is 5.65. The van der Waals surface area contributed by atoms with Gasteiger partial charge in [-0.15, -0.1) is 0 Å². The van der Waals surface area contributed by atoms with Crippen LogP contribution in [-0.2, 0) is 9.59 Å². The maximum absolute atomic E-state index is 12.6. The molecule has 1 aromatic carbocycles. The van der Waals surface area contributed by atoms with Gasteiger partial charge in [0.2, 0.25) is 5.91 Å². The van der Waals surface area contributed by atoms with E-state index in [0.717, 1.165) is 18.0 Å². The molecule has 4 rings (SSSR count). The Balaban J connectivity index is 1.27. The van der Waals surface area contributed by atoms with Gasteiger partial charge in [-0.2, -0.15) is 0 Å². The summed E-state index contributed by atoms with van der Waals surface area (Å²) in [6, 6.07) is 12.3. The molecule has 9 nitrogen and oxygen atoms in total. The van der Waals surface area contributed by atoms with Crippen molar-refractivity contribution < 1.29 is 14.4 Å². The Morgan fingerprint density at radius 3 is 2.72 bits per heavy atom. The Bertz CT molecular complexity index is 1130. The zero-order chi connectivity index (χ0) is 22.3. The second-order valence-corrected chi connectivity index (χ2v) is 8.40. The number of hydrogen-bond donors (Lipinski definition) is 2. The van der Waals surface area contributed by atoms with E-state index in [1.807, 2.05) is 34.6 Å². The maximum atomic E-state index is 12.6. The lowest BCUT2D eigenvalue weighted by Crippen LogP contribution is -2.46. The van der Waals surface area contributed by atoms with Crippen LogP contribution in [0.25, 0.3) is 11.0 Å². The number of nitrogens with zero attached hydrogens (tertiary/aromatic N) is 4. The van der Waals surface area contributed by atoms with E-state index in [4.69, 9.17) is 0 Å². The van der Waals surface area contributed by atoms with E-state index in [1.165, 1.54) is 18.1 Å². The summed E-state index contributed by atoms with van der Waals surface area (Å²) in [6.07, 6.45) is 4.39. The van der Waals surface area contributed by atoms with E-state index in [0.29, 0.717) is 17.5 Å². The Kier molecular flexibility index (Phi) is 7.03. The number of nitrogens with one attached hydrogen (secondary N) is 2. The third-order valence-corrected chi connectivity index (χ3v) is 5.91. The molecule has 1 aliphatic rings. The van der Waals surface area contributed by atoms with Crippen molar-refractivity contribution in [3.05, 3.63) is 60.6 Å². The van der Waals surface area contributed by atoms with Gasteiger partial charge in [0.1, 0.15) is 10.7 Å². The highest BCUT2D eigenvalue weighted by Gasteiger charge is 2.27. The van der Waals surface area contributed by atoms with Crippen LogP contribution in [0.4, 0.5) is 0 Å². The summed E-state index contributed by atoms with van der Waals surface area (Å²) in [6.45, 7) is 0.686. The first kappa shape index (κ1) is 21.8. The highest BCUT2D eigenvalue weighted by atomic mass is 32.2. The standard InChI is InChI=1S/C22H22N6O3S/c29-19-14-28(32-21-9-3-4-10-23-21)11-5-8-17(19)27-20(30)13-25-22(31)18-12-24-15-6-1-2-7-16(15)26-18/h1-4,6-7,9-10,12,17H,5,8,11,13-14H2,(H,25,31)(H,27,30)/t17-/m0/s1. The largest absolute Gasteiger partial charge is 0.345 e. The molecule has 2 aromatic heterocycles. The molecule has 10 heteroatoms. The number of amides is 2. The van der Waals surface area contributed by atoms with Gasteiger partial charge in [0.05, 0.1) is 36.4 Å². The monoisotopic (exact) mass is 450 g/mol. The molecule has 0 unspecified atom stereocenters. The molecule has 164 valence electrons. The number of ketones is 1. The van der Waals surface area contributed by atoms with E-state index >= 15 is 0 Å². The minimum atomic E-state index is -0.575. The first-order chi connectivity index (χ1) is 15.6. The molecule has 1 atom stereocenters. The summed E-state index contributed by atoms with van der Waals surface area (Å²) in [5.41, 5.74) is 1.41. The lowest BCUT2D eigenvalue weighted by Gasteiger charge is -2.18. The van der Waals surface area contributed by atoms with Crippen LogP contribution in [0.5, 0.6) is 0 Å². The van der Waals surface area contributed by atoms with Gasteiger partial charge in [-0.1, -0.05) is 18.2 Å². The molecule has 3 aromatic rings. The highest BCUT2D eigenvalue weighted by Crippen LogP contribution is 2.23. The van der Waals surface area contributed by atoms with Gasteiger partial charge in [-0.25, -0.2) is 14.3 Å². The number of carbonyl (C=O) groups is 3. The van der Waals surface area contributed by atoms with Crippen molar-refractivity contribution in [2.24, 2.45) is 0 Å². The number of fused-ring (bicyclic) bond motifs is 1. The molecule has 2 N–H and O–H groups in total. The van der Waals surface area contributed by atoms with Gasteiger partial charge >= 0.3 is 0 Å². The van der Waals surface area contributed by atoms with E-state index in [-0.39, 0.29) is 24.6 Å². The lowest BCUT2D eigenvalue weighted by atomic mass is 10.1. The molecule has 1 fully saturated rings. The molecule has 32 heavy (non-hydrogen) atoms. The highest BCUT2D eigenvalue weighted by molar-refractivity contribution is 7.97. The van der Waals surface area contributed by atoms with E-state index in [1.54, 1.807) is 18.3 Å². The molecule has 2 amide bonds. The van der Waals surface area contributed by atoms with Crippen LogP contribution in [0.2, 0.25) is 0 Å². The number of pyridine rings is 1. The van der Waals surface area contributed by atoms with Crippen molar-refractivity contribution in [2.75, 3.05) is 19.6 Å². The number of hydrogen-bond acceptors (Lipinski definition) is 8. The molecular formula is C22H22N6O3S. The molecular weight excluding hydrogens is 428 g/mol. The molecule has 0 aliphatic carbocycles. The van der Waals surface area contributed by atoms with E-state index < -0.39 is 17.9 Å². The normalized spacial score (nSPS) is 17.0. The van der Waals surface area contributed by atoms with Crippen molar-refractivity contribution >= 4 is 40.6 Å². The maximum Gasteiger partial charge on any atom is 0.271 e. The number of benzene rings is 1. The smallest absolute Gasteiger partial charge is 0.271 e.